The summed E-state index contributed by atoms with van der Waals surface area (Å²) in [7, 11) is 0. The van der Waals surface area contributed by atoms with Gasteiger partial charge in [0.2, 0.25) is 0 Å². The summed E-state index contributed by atoms with van der Waals surface area (Å²) < 4.78 is 21.9. The summed E-state index contributed by atoms with van der Waals surface area (Å²) in [6.07, 6.45) is 17.0. The molecule has 0 radical (unpaired) electrons. The van der Waals surface area contributed by atoms with Gasteiger partial charge in [-0.05, 0) is 94.0 Å². The fourth-order valence-electron chi connectivity index (χ4n) is 8.02. The molecule has 8 heteroatoms. The van der Waals surface area contributed by atoms with E-state index in [-0.39, 0.29) is 37.2 Å². The van der Waals surface area contributed by atoms with Crippen LogP contribution in [0, 0.1) is 29.1 Å². The van der Waals surface area contributed by atoms with Gasteiger partial charge in [0.05, 0.1) is 18.9 Å². The van der Waals surface area contributed by atoms with E-state index in [4.69, 9.17) is 18.9 Å². The van der Waals surface area contributed by atoms with E-state index >= 15 is 0 Å². The molecule has 2 unspecified atom stereocenters. The van der Waals surface area contributed by atoms with Crippen molar-refractivity contribution < 1.29 is 33.3 Å². The van der Waals surface area contributed by atoms with Crippen LogP contribution in [0.1, 0.15) is 130 Å². The zero-order chi connectivity index (χ0) is 30.9. The van der Waals surface area contributed by atoms with Crippen LogP contribution in [-0.4, -0.2) is 69.1 Å². The summed E-state index contributed by atoms with van der Waals surface area (Å²) in [6, 6.07) is 0. The van der Waals surface area contributed by atoms with Crippen molar-refractivity contribution in [3.8, 4) is 0 Å². The van der Waals surface area contributed by atoms with E-state index in [1.165, 1.54) is 51.4 Å². The van der Waals surface area contributed by atoms with Crippen LogP contribution in [-0.2, 0) is 28.5 Å². The van der Waals surface area contributed by atoms with Crippen molar-refractivity contribution in [3.05, 3.63) is 0 Å². The van der Waals surface area contributed by atoms with Gasteiger partial charge in [-0.2, -0.15) is 0 Å². The van der Waals surface area contributed by atoms with Gasteiger partial charge in [-0.1, -0.05) is 59.3 Å². The zero-order valence-corrected chi connectivity index (χ0v) is 27.6. The maximum absolute atomic E-state index is 13.1. The first-order valence-corrected chi connectivity index (χ1v) is 17.6. The summed E-state index contributed by atoms with van der Waals surface area (Å²) in [5.74, 6) is 1.09. The minimum Gasteiger partial charge on any atom is -0.465 e. The van der Waals surface area contributed by atoms with E-state index in [0.717, 1.165) is 64.6 Å². The summed E-state index contributed by atoms with van der Waals surface area (Å²) >= 11 is 0. The first-order valence-electron chi connectivity index (χ1n) is 17.6. The predicted molar refractivity (Wildman–Crippen MR) is 168 cm³/mol. The molecular weight excluding hydrogens is 546 g/mol. The molecule has 2 saturated carbocycles. The van der Waals surface area contributed by atoms with Gasteiger partial charge < -0.3 is 23.8 Å². The molecule has 0 aromatic heterocycles. The van der Waals surface area contributed by atoms with E-state index in [9.17, 15) is 14.4 Å². The van der Waals surface area contributed by atoms with Crippen LogP contribution in [0.3, 0.4) is 0 Å². The number of unbranched alkanes of at least 4 members (excludes halogenated alkanes) is 6. The molecule has 0 aromatic rings. The van der Waals surface area contributed by atoms with Gasteiger partial charge in [0.25, 0.3) is 0 Å². The van der Waals surface area contributed by atoms with Crippen LogP contribution in [0.4, 0.5) is 4.79 Å². The van der Waals surface area contributed by atoms with Gasteiger partial charge in [0.1, 0.15) is 19.8 Å². The number of ether oxygens (including phenoxy) is 4. The largest absolute Gasteiger partial charge is 0.508 e. The number of fused-ring (bicyclic) bond motifs is 2. The average Bonchev–Trinajstić information content (AvgIpc) is 3.47. The van der Waals surface area contributed by atoms with Gasteiger partial charge in [-0.15, -0.1) is 0 Å². The smallest absolute Gasteiger partial charge is 0.465 e. The molecule has 3 rings (SSSR count). The van der Waals surface area contributed by atoms with Gasteiger partial charge in [-0.25, -0.2) is 4.79 Å². The molecule has 8 nitrogen and oxygen atoms in total. The summed E-state index contributed by atoms with van der Waals surface area (Å²) in [6.45, 7) is 10.3. The van der Waals surface area contributed by atoms with E-state index in [2.05, 4.69) is 25.7 Å². The SMILES string of the molecule is CCCCCCCCCC(=O)OCC(COC(=O)CC12C[C@H](C)C[C@H](C[C@H](C)C1)C2)COC(=O)OCCCN1CCCC1. The Hall–Kier alpha value is -1.83. The molecule has 3 aliphatic rings. The Morgan fingerprint density at radius 2 is 1.35 bits per heavy atom. The Morgan fingerprint density at radius 3 is 2.02 bits per heavy atom. The molecule has 1 saturated heterocycles. The van der Waals surface area contributed by atoms with Crippen LogP contribution >= 0.6 is 0 Å². The third-order valence-corrected chi connectivity index (χ3v) is 9.69. The molecule has 5 atom stereocenters. The number of carbonyl (C=O) groups is 3. The lowest BCUT2D eigenvalue weighted by Crippen LogP contribution is -2.41. The van der Waals surface area contributed by atoms with Crippen LogP contribution in [0.15, 0.2) is 0 Å². The third kappa shape index (κ3) is 14.2. The average molecular weight is 608 g/mol. The van der Waals surface area contributed by atoms with Gasteiger partial charge in [-0.3, -0.25) is 9.59 Å². The molecule has 2 aliphatic carbocycles. The molecule has 2 bridgehead atoms. The molecule has 1 heterocycles. The number of esters is 2. The van der Waals surface area contributed by atoms with Crippen molar-refractivity contribution >= 4 is 18.1 Å². The van der Waals surface area contributed by atoms with Crippen molar-refractivity contribution in [2.45, 2.75) is 130 Å². The Kier molecular flexibility index (Phi) is 16.2. The Morgan fingerprint density at radius 1 is 0.744 bits per heavy atom. The fraction of sp³-hybridized carbons (Fsp3) is 0.914. The van der Waals surface area contributed by atoms with E-state index in [1.54, 1.807) is 0 Å². The number of nitrogens with zero attached hydrogens (tertiary/aromatic N) is 1. The highest BCUT2D eigenvalue weighted by atomic mass is 16.7. The maximum atomic E-state index is 13.1. The molecule has 0 N–H and O–H groups in total. The number of likely N-dealkylation sites (tertiary alicyclic amines) is 1. The van der Waals surface area contributed by atoms with Crippen molar-refractivity contribution in [2.75, 3.05) is 46.1 Å². The molecule has 0 aromatic carbocycles. The van der Waals surface area contributed by atoms with Crippen LogP contribution in [0.2, 0.25) is 0 Å². The highest BCUT2D eigenvalue weighted by molar-refractivity contribution is 5.70. The summed E-state index contributed by atoms with van der Waals surface area (Å²) in [5.41, 5.74) is 0.0327. The Bertz CT molecular complexity index is 807. The zero-order valence-electron chi connectivity index (χ0n) is 27.6. The lowest BCUT2D eigenvalue weighted by molar-refractivity contribution is -0.153. The summed E-state index contributed by atoms with van der Waals surface area (Å²) in [4.78, 5) is 40.1. The standard InChI is InChI=1S/C35H61NO7/c1-4-5-6-7-8-9-10-14-32(37)41-25-31(27-43-34(39)40-18-13-17-36-15-11-12-16-36)26-42-33(38)24-35-21-28(2)19-30(23-35)20-29(3)22-35/h28-31H,4-27H2,1-3H3/t28-,29+,30-,31?,35?. The number of carbonyl (C=O) groups excluding carboxylic acids is 3. The predicted octanol–water partition coefficient (Wildman–Crippen LogP) is 7.71. The normalized spacial score (nSPS) is 26.1. The van der Waals surface area contributed by atoms with Gasteiger partial charge in [0.15, 0.2) is 0 Å². The number of hydrogen-bond donors (Lipinski definition) is 0. The van der Waals surface area contributed by atoms with Crippen molar-refractivity contribution in [1.82, 2.24) is 4.90 Å². The first kappa shape index (κ1) is 35.6. The second kappa shape index (κ2) is 19.5. The third-order valence-electron chi connectivity index (χ3n) is 9.69. The molecular formula is C35H61NO7. The number of hydrogen-bond acceptors (Lipinski definition) is 8. The highest BCUT2D eigenvalue weighted by Crippen LogP contribution is 2.54. The minimum atomic E-state index is -0.732. The van der Waals surface area contributed by atoms with E-state index in [1.807, 2.05) is 0 Å². The molecule has 3 fully saturated rings. The van der Waals surface area contributed by atoms with Crippen LogP contribution < -0.4 is 0 Å². The minimum absolute atomic E-state index is 0.0236. The van der Waals surface area contributed by atoms with Gasteiger partial charge in [0, 0.05) is 13.0 Å². The van der Waals surface area contributed by atoms with Gasteiger partial charge >= 0.3 is 18.1 Å². The van der Waals surface area contributed by atoms with Crippen LogP contribution in [0.5, 0.6) is 0 Å². The van der Waals surface area contributed by atoms with Crippen molar-refractivity contribution in [1.29, 1.82) is 0 Å². The Balaban J connectivity index is 1.41. The first-order chi connectivity index (χ1) is 20.8. The fourth-order valence-corrected chi connectivity index (χ4v) is 8.02. The van der Waals surface area contributed by atoms with Crippen LogP contribution in [0.25, 0.3) is 0 Å². The Labute approximate surface area is 261 Å². The second-order valence-corrected chi connectivity index (χ2v) is 14.3. The highest BCUT2D eigenvalue weighted by Gasteiger charge is 2.45. The maximum Gasteiger partial charge on any atom is 0.508 e. The molecule has 0 spiro atoms. The lowest BCUT2D eigenvalue weighted by atomic mass is 9.56. The monoisotopic (exact) mass is 607 g/mol. The molecule has 1 aliphatic heterocycles. The van der Waals surface area contributed by atoms with E-state index < -0.39 is 12.1 Å². The quantitative estimate of drug-likeness (QED) is 0.0790. The molecule has 0 amide bonds. The molecule has 43 heavy (non-hydrogen) atoms. The lowest BCUT2D eigenvalue weighted by Gasteiger charge is -2.49. The summed E-state index contributed by atoms with van der Waals surface area (Å²) in [5, 5.41) is 0. The second-order valence-electron chi connectivity index (χ2n) is 14.3. The van der Waals surface area contributed by atoms with Crippen molar-refractivity contribution in [2.24, 2.45) is 29.1 Å². The van der Waals surface area contributed by atoms with E-state index in [0.29, 0.717) is 37.2 Å². The topological polar surface area (TPSA) is 91.4 Å². The molecule has 248 valence electrons. The van der Waals surface area contributed by atoms with Crippen molar-refractivity contribution in [3.63, 3.8) is 0 Å². The number of rotatable bonds is 20.